The molecule has 0 saturated carbocycles. The molecule has 2 aromatic rings. The Morgan fingerprint density at radius 2 is 1.60 bits per heavy atom. The highest BCUT2D eigenvalue weighted by Crippen LogP contribution is 2.21. The third kappa shape index (κ3) is 9.18. The van der Waals surface area contributed by atoms with E-state index in [4.69, 9.17) is 11.6 Å². The van der Waals surface area contributed by atoms with E-state index in [0.717, 1.165) is 17.4 Å². The summed E-state index contributed by atoms with van der Waals surface area (Å²) >= 11 is 5.93. The fourth-order valence-corrected chi connectivity index (χ4v) is 4.63. The summed E-state index contributed by atoms with van der Waals surface area (Å²) < 4.78 is 26.0. The quantitative estimate of drug-likeness (QED) is 0.449. The standard InChI is InChI=1S/C26H36ClN3O4S/c1-19(2)17-28-26(32)21(4)29(18-22-10-8-20(3)9-11-22)25(31)7-6-16-30(35(5,33)34)24-14-12-23(27)13-15-24/h8-15,19,21H,6-7,16-18H2,1-5H3,(H,28,32)/t21-/m0/s1. The molecular weight excluding hydrogens is 486 g/mol. The van der Waals surface area contributed by atoms with Gasteiger partial charge in [-0.05, 0) is 56.0 Å². The van der Waals surface area contributed by atoms with Crippen LogP contribution in [0.2, 0.25) is 5.02 Å². The Morgan fingerprint density at radius 3 is 2.14 bits per heavy atom. The lowest BCUT2D eigenvalue weighted by molar-refractivity contribution is -0.140. The van der Waals surface area contributed by atoms with Crippen molar-refractivity contribution in [3.8, 4) is 0 Å². The molecule has 1 atom stereocenters. The van der Waals surface area contributed by atoms with Crippen LogP contribution in [0, 0.1) is 12.8 Å². The molecule has 1 N–H and O–H groups in total. The summed E-state index contributed by atoms with van der Waals surface area (Å²) in [6.45, 7) is 8.69. The first kappa shape index (κ1) is 28.7. The first-order valence-corrected chi connectivity index (χ1v) is 14.0. The van der Waals surface area contributed by atoms with Crippen molar-refractivity contribution in [1.29, 1.82) is 0 Å². The maximum Gasteiger partial charge on any atom is 0.242 e. The molecule has 2 aromatic carbocycles. The highest BCUT2D eigenvalue weighted by molar-refractivity contribution is 7.92. The van der Waals surface area contributed by atoms with Gasteiger partial charge in [-0.15, -0.1) is 0 Å². The number of nitrogens with one attached hydrogen (secondary N) is 1. The molecule has 35 heavy (non-hydrogen) atoms. The van der Waals surface area contributed by atoms with Gasteiger partial charge in [0.2, 0.25) is 21.8 Å². The second-order valence-electron chi connectivity index (χ2n) is 9.24. The fraction of sp³-hybridized carbons (Fsp3) is 0.462. The van der Waals surface area contributed by atoms with Crippen LogP contribution in [0.4, 0.5) is 5.69 Å². The number of aryl methyl sites for hydroxylation is 1. The Kier molecular flexibility index (Phi) is 10.6. The van der Waals surface area contributed by atoms with Crippen molar-refractivity contribution < 1.29 is 18.0 Å². The third-order valence-electron chi connectivity index (χ3n) is 5.59. The number of nitrogens with zero attached hydrogens (tertiary/aromatic N) is 2. The molecule has 0 unspecified atom stereocenters. The lowest BCUT2D eigenvalue weighted by Gasteiger charge is -2.29. The van der Waals surface area contributed by atoms with E-state index >= 15 is 0 Å². The van der Waals surface area contributed by atoms with E-state index in [0.29, 0.717) is 36.1 Å². The minimum absolute atomic E-state index is 0.104. The molecule has 0 heterocycles. The summed E-state index contributed by atoms with van der Waals surface area (Å²) in [7, 11) is -3.55. The number of anilines is 1. The van der Waals surface area contributed by atoms with E-state index in [1.165, 1.54) is 4.31 Å². The van der Waals surface area contributed by atoms with Gasteiger partial charge in [0, 0.05) is 31.1 Å². The van der Waals surface area contributed by atoms with Crippen LogP contribution >= 0.6 is 11.6 Å². The van der Waals surface area contributed by atoms with Crippen molar-refractivity contribution in [2.75, 3.05) is 23.7 Å². The lowest BCUT2D eigenvalue weighted by Crippen LogP contribution is -2.48. The maximum absolute atomic E-state index is 13.3. The number of benzene rings is 2. The molecule has 0 aromatic heterocycles. The Labute approximate surface area is 214 Å². The van der Waals surface area contributed by atoms with Crippen LogP contribution < -0.4 is 9.62 Å². The molecule has 0 saturated heterocycles. The molecule has 9 heteroatoms. The molecular formula is C26H36ClN3O4S. The van der Waals surface area contributed by atoms with Gasteiger partial charge in [0.15, 0.2) is 0 Å². The second kappa shape index (κ2) is 12.9. The highest BCUT2D eigenvalue weighted by Gasteiger charge is 2.26. The normalized spacial score (nSPS) is 12.3. The first-order valence-electron chi connectivity index (χ1n) is 11.7. The second-order valence-corrected chi connectivity index (χ2v) is 11.6. The Morgan fingerprint density at radius 1 is 1.00 bits per heavy atom. The number of rotatable bonds is 12. The molecule has 2 amide bonds. The van der Waals surface area contributed by atoms with Crippen LogP contribution in [0.15, 0.2) is 48.5 Å². The molecule has 0 fully saturated rings. The summed E-state index contributed by atoms with van der Waals surface area (Å²) in [5.74, 6) is -0.123. The molecule has 192 valence electrons. The van der Waals surface area contributed by atoms with Crippen LogP contribution in [0.5, 0.6) is 0 Å². The molecule has 0 aliphatic carbocycles. The lowest BCUT2D eigenvalue weighted by atomic mass is 10.1. The third-order valence-corrected chi connectivity index (χ3v) is 7.04. The number of halogens is 1. The van der Waals surface area contributed by atoms with Gasteiger partial charge in [-0.2, -0.15) is 0 Å². The minimum atomic E-state index is -3.55. The van der Waals surface area contributed by atoms with Gasteiger partial charge in [0.05, 0.1) is 11.9 Å². The number of carbonyl (C=O) groups is 2. The van der Waals surface area contributed by atoms with Crippen molar-refractivity contribution in [2.45, 2.75) is 53.1 Å². The van der Waals surface area contributed by atoms with Gasteiger partial charge in [-0.25, -0.2) is 8.42 Å². The van der Waals surface area contributed by atoms with Crippen LogP contribution in [0.25, 0.3) is 0 Å². The van der Waals surface area contributed by atoms with Crippen LogP contribution in [-0.4, -0.2) is 50.5 Å². The van der Waals surface area contributed by atoms with E-state index < -0.39 is 16.1 Å². The molecule has 7 nitrogen and oxygen atoms in total. The van der Waals surface area contributed by atoms with E-state index in [1.807, 2.05) is 45.0 Å². The predicted molar refractivity (Wildman–Crippen MR) is 142 cm³/mol. The average Bonchev–Trinajstić information content (AvgIpc) is 2.79. The average molecular weight is 522 g/mol. The molecule has 0 aliphatic heterocycles. The van der Waals surface area contributed by atoms with Crippen molar-refractivity contribution >= 4 is 39.1 Å². The Balaban J connectivity index is 2.14. The number of hydrogen-bond acceptors (Lipinski definition) is 4. The largest absolute Gasteiger partial charge is 0.354 e. The summed E-state index contributed by atoms with van der Waals surface area (Å²) in [5, 5.41) is 3.41. The van der Waals surface area contributed by atoms with Gasteiger partial charge >= 0.3 is 0 Å². The van der Waals surface area contributed by atoms with Crippen LogP contribution in [0.3, 0.4) is 0 Å². The van der Waals surface area contributed by atoms with Crippen LogP contribution in [-0.2, 0) is 26.2 Å². The smallest absolute Gasteiger partial charge is 0.242 e. The van der Waals surface area contributed by atoms with Crippen LogP contribution in [0.1, 0.15) is 44.7 Å². The van der Waals surface area contributed by atoms with E-state index in [9.17, 15) is 18.0 Å². The monoisotopic (exact) mass is 521 g/mol. The number of carbonyl (C=O) groups excluding carboxylic acids is 2. The van der Waals surface area contributed by atoms with Crippen molar-refractivity contribution in [3.05, 3.63) is 64.7 Å². The molecule has 2 rings (SSSR count). The van der Waals surface area contributed by atoms with E-state index in [1.54, 1.807) is 36.1 Å². The van der Waals surface area contributed by atoms with Gasteiger partial charge in [-0.3, -0.25) is 13.9 Å². The molecule has 0 spiro atoms. The SMILES string of the molecule is Cc1ccc(CN(C(=O)CCCN(c2ccc(Cl)cc2)S(C)(=O)=O)[C@@H](C)C(=O)NCC(C)C)cc1. The first-order chi connectivity index (χ1) is 16.4. The van der Waals surface area contributed by atoms with Gasteiger partial charge in [0.25, 0.3) is 0 Å². The van der Waals surface area contributed by atoms with Gasteiger partial charge in [-0.1, -0.05) is 55.3 Å². The van der Waals surface area contributed by atoms with E-state index in [-0.39, 0.29) is 24.8 Å². The predicted octanol–water partition coefficient (Wildman–Crippen LogP) is 4.38. The zero-order chi connectivity index (χ0) is 26.2. The highest BCUT2D eigenvalue weighted by atomic mass is 35.5. The van der Waals surface area contributed by atoms with Crippen molar-refractivity contribution in [2.24, 2.45) is 5.92 Å². The molecule has 0 aliphatic rings. The molecule has 0 bridgehead atoms. The van der Waals surface area contributed by atoms with Crippen molar-refractivity contribution in [3.63, 3.8) is 0 Å². The zero-order valence-electron chi connectivity index (χ0n) is 21.1. The number of amides is 2. The fourth-order valence-electron chi connectivity index (χ4n) is 3.54. The van der Waals surface area contributed by atoms with Crippen molar-refractivity contribution in [1.82, 2.24) is 10.2 Å². The van der Waals surface area contributed by atoms with Gasteiger partial charge in [0.1, 0.15) is 6.04 Å². The maximum atomic E-state index is 13.3. The zero-order valence-corrected chi connectivity index (χ0v) is 22.7. The summed E-state index contributed by atoms with van der Waals surface area (Å²) in [6, 6.07) is 13.7. The number of hydrogen-bond donors (Lipinski definition) is 1. The summed E-state index contributed by atoms with van der Waals surface area (Å²) in [5.41, 5.74) is 2.52. The molecule has 0 radical (unpaired) electrons. The van der Waals surface area contributed by atoms with E-state index in [2.05, 4.69) is 5.32 Å². The summed E-state index contributed by atoms with van der Waals surface area (Å²) in [4.78, 5) is 27.6. The van der Waals surface area contributed by atoms with Gasteiger partial charge < -0.3 is 10.2 Å². The topological polar surface area (TPSA) is 86.8 Å². The Bertz CT molecular complexity index is 1090. The summed E-state index contributed by atoms with van der Waals surface area (Å²) in [6.07, 6.45) is 1.54. The number of sulfonamides is 1. The Hall–Kier alpha value is -2.58. The minimum Gasteiger partial charge on any atom is -0.354 e.